The largest absolute Gasteiger partial charge is 0.408 e. The van der Waals surface area contributed by atoms with Crippen LogP contribution in [0.1, 0.15) is 38.5 Å². The Bertz CT molecular complexity index is 909. The second-order valence-corrected chi connectivity index (χ2v) is 8.59. The van der Waals surface area contributed by atoms with Gasteiger partial charge in [-0.05, 0) is 25.8 Å². The smallest absolute Gasteiger partial charge is 0.323 e. The molecule has 0 bridgehead atoms. The van der Waals surface area contributed by atoms with Crippen LogP contribution in [0, 0.1) is 5.82 Å². The molecule has 2 aliphatic heterocycles. The summed E-state index contributed by atoms with van der Waals surface area (Å²) in [6, 6.07) is 0.165. The van der Waals surface area contributed by atoms with Gasteiger partial charge >= 0.3 is 12.5 Å². The molecule has 9 nitrogen and oxygen atoms in total. The number of fused-ring (bicyclic) bond motifs is 2. The zero-order valence-corrected chi connectivity index (χ0v) is 19.3. The van der Waals surface area contributed by atoms with E-state index in [-0.39, 0.29) is 35.0 Å². The number of alkyl halides is 1. The quantitative estimate of drug-likeness (QED) is 0.429. The zero-order valence-electron chi connectivity index (χ0n) is 18.5. The SMILES string of the molecule is C1CC1.CN(CCO)c1nc(OC(O)O)nc2c(F)c(Cl)ncc12.FC1CC2CCCN2C1. The Kier molecular flexibility index (Phi) is 9.33. The molecule has 1 aliphatic carbocycles. The number of anilines is 1. The number of pyridine rings is 1. The van der Waals surface area contributed by atoms with E-state index in [0.717, 1.165) is 13.0 Å². The van der Waals surface area contributed by atoms with Crippen molar-refractivity contribution in [2.45, 2.75) is 57.2 Å². The van der Waals surface area contributed by atoms with Crippen LogP contribution in [0.25, 0.3) is 10.9 Å². The van der Waals surface area contributed by atoms with Gasteiger partial charge in [-0.1, -0.05) is 30.9 Å². The fourth-order valence-corrected chi connectivity index (χ4v) is 3.86. The molecule has 184 valence electrons. The summed E-state index contributed by atoms with van der Waals surface area (Å²) >= 11 is 5.60. The van der Waals surface area contributed by atoms with Gasteiger partial charge in [0, 0.05) is 32.4 Å². The van der Waals surface area contributed by atoms with Gasteiger partial charge in [-0.3, -0.25) is 4.90 Å². The van der Waals surface area contributed by atoms with Gasteiger partial charge in [-0.2, -0.15) is 9.97 Å². The first-order valence-corrected chi connectivity index (χ1v) is 11.4. The van der Waals surface area contributed by atoms with E-state index in [2.05, 4.69) is 24.6 Å². The molecule has 0 amide bonds. The van der Waals surface area contributed by atoms with Gasteiger partial charge in [0.1, 0.15) is 17.5 Å². The zero-order chi connectivity index (χ0) is 24.0. The van der Waals surface area contributed by atoms with Gasteiger partial charge < -0.3 is 25.0 Å². The van der Waals surface area contributed by atoms with Crippen LogP contribution >= 0.6 is 11.6 Å². The Labute approximate surface area is 196 Å². The highest BCUT2D eigenvalue weighted by molar-refractivity contribution is 6.30. The van der Waals surface area contributed by atoms with Crippen molar-refractivity contribution in [1.29, 1.82) is 0 Å². The number of aromatic nitrogens is 3. The summed E-state index contributed by atoms with van der Waals surface area (Å²) in [6.07, 6.45) is 8.59. The van der Waals surface area contributed by atoms with Crippen LogP contribution in [0.2, 0.25) is 5.15 Å². The van der Waals surface area contributed by atoms with Crippen molar-refractivity contribution in [3.63, 3.8) is 0 Å². The topological polar surface area (TPSA) is 115 Å². The Morgan fingerprint density at radius 3 is 2.61 bits per heavy atom. The van der Waals surface area contributed by atoms with Crippen LogP contribution in [-0.2, 0) is 0 Å². The molecule has 5 rings (SSSR count). The molecule has 12 heteroatoms. The first-order chi connectivity index (χ1) is 15.8. The monoisotopic (exact) mass is 489 g/mol. The summed E-state index contributed by atoms with van der Waals surface area (Å²) in [4.78, 5) is 15.2. The van der Waals surface area contributed by atoms with Crippen LogP contribution in [-0.4, -0.2) is 87.1 Å². The predicted octanol–water partition coefficient (Wildman–Crippen LogP) is 2.26. The number of halogens is 3. The van der Waals surface area contributed by atoms with E-state index in [1.165, 1.54) is 43.2 Å². The second-order valence-electron chi connectivity index (χ2n) is 8.23. The van der Waals surface area contributed by atoms with E-state index in [1.54, 1.807) is 7.05 Å². The van der Waals surface area contributed by atoms with Crippen molar-refractivity contribution < 1.29 is 28.8 Å². The third-order valence-electron chi connectivity index (χ3n) is 5.42. The van der Waals surface area contributed by atoms with Gasteiger partial charge in [0.05, 0.1) is 12.0 Å². The third kappa shape index (κ3) is 7.28. The summed E-state index contributed by atoms with van der Waals surface area (Å²) in [5.41, 5.74) is -0.180. The number of hydrogen-bond donors (Lipinski definition) is 3. The molecule has 3 fully saturated rings. The molecule has 0 radical (unpaired) electrons. The molecule has 0 spiro atoms. The molecule has 3 aliphatic rings. The lowest BCUT2D eigenvalue weighted by Crippen LogP contribution is -2.24. The fourth-order valence-electron chi connectivity index (χ4n) is 3.72. The van der Waals surface area contributed by atoms with E-state index in [0.29, 0.717) is 12.6 Å². The van der Waals surface area contributed by atoms with E-state index < -0.39 is 24.5 Å². The average molecular weight is 490 g/mol. The lowest BCUT2D eigenvalue weighted by molar-refractivity contribution is -0.183. The molecule has 4 heterocycles. The van der Waals surface area contributed by atoms with E-state index >= 15 is 0 Å². The number of ether oxygens (including phenoxy) is 1. The van der Waals surface area contributed by atoms with Gasteiger partial charge in [0.25, 0.3) is 0 Å². The normalized spacial score (nSPS) is 21.2. The lowest BCUT2D eigenvalue weighted by Gasteiger charge is -2.19. The minimum absolute atomic E-state index is 0.162. The standard InChI is InChI=1S/C11H12ClFN4O4.C7H12FN.C3H6/c1-17(2-3-18)9-5-4-14-8(12)6(13)7(5)15-10(16-9)21-11(19)20;8-6-4-7-2-1-3-9(7)5-6;1-2-3-1/h4,11,18-20H,2-3H2,1H3;6-7H,1-5H2;1-3H2. The van der Waals surface area contributed by atoms with Crippen molar-refractivity contribution in [3.05, 3.63) is 17.2 Å². The average Bonchev–Trinajstić information content (AvgIpc) is 3.52. The first-order valence-electron chi connectivity index (χ1n) is 11.0. The van der Waals surface area contributed by atoms with Crippen LogP contribution in [0.5, 0.6) is 6.01 Å². The number of aliphatic hydroxyl groups is 3. The van der Waals surface area contributed by atoms with E-state index in [4.69, 9.17) is 26.9 Å². The summed E-state index contributed by atoms with van der Waals surface area (Å²) in [6.45, 7) is -0.254. The summed E-state index contributed by atoms with van der Waals surface area (Å²) in [7, 11) is 1.60. The molecule has 2 aromatic rings. The molecule has 33 heavy (non-hydrogen) atoms. The maximum atomic E-state index is 14.0. The molecule has 2 saturated heterocycles. The van der Waals surface area contributed by atoms with Crippen molar-refractivity contribution in [3.8, 4) is 6.01 Å². The molecular weight excluding hydrogens is 460 g/mol. The number of hydrogen-bond acceptors (Lipinski definition) is 9. The molecule has 2 aromatic heterocycles. The highest BCUT2D eigenvalue weighted by atomic mass is 35.5. The molecule has 2 unspecified atom stereocenters. The van der Waals surface area contributed by atoms with Crippen molar-refractivity contribution >= 4 is 28.3 Å². The lowest BCUT2D eigenvalue weighted by atomic mass is 10.1. The minimum atomic E-state index is -2.15. The molecule has 2 atom stereocenters. The highest BCUT2D eigenvalue weighted by Gasteiger charge is 2.34. The molecule has 0 aromatic carbocycles. The number of likely N-dealkylation sites (N-methyl/N-ethyl adjacent to an activating group) is 1. The Morgan fingerprint density at radius 2 is 2.00 bits per heavy atom. The van der Waals surface area contributed by atoms with Crippen LogP contribution in [0.15, 0.2) is 6.20 Å². The summed E-state index contributed by atoms with van der Waals surface area (Å²) in [5.74, 6) is -0.680. The Morgan fingerprint density at radius 1 is 1.27 bits per heavy atom. The summed E-state index contributed by atoms with van der Waals surface area (Å²) < 4.78 is 31.2. The number of aliphatic hydroxyl groups excluding tert-OH is 2. The molecule has 3 N–H and O–H groups in total. The van der Waals surface area contributed by atoms with Crippen molar-refractivity contribution in [2.75, 3.05) is 38.2 Å². The third-order valence-corrected chi connectivity index (χ3v) is 5.69. The van der Waals surface area contributed by atoms with E-state index in [9.17, 15) is 8.78 Å². The van der Waals surface area contributed by atoms with Gasteiger partial charge in [0.2, 0.25) is 0 Å². The van der Waals surface area contributed by atoms with Gasteiger partial charge in [0.15, 0.2) is 11.0 Å². The van der Waals surface area contributed by atoms with Gasteiger partial charge in [-0.15, -0.1) is 0 Å². The van der Waals surface area contributed by atoms with E-state index in [1.807, 2.05) is 0 Å². The molecule has 1 saturated carbocycles. The first kappa shape index (κ1) is 25.7. The second kappa shape index (κ2) is 12.0. The van der Waals surface area contributed by atoms with Gasteiger partial charge in [-0.25, -0.2) is 13.8 Å². The fraction of sp³-hybridized carbons (Fsp3) is 0.667. The summed E-state index contributed by atoms with van der Waals surface area (Å²) in [5, 5.41) is 26.4. The van der Waals surface area contributed by atoms with Crippen LogP contribution in [0.3, 0.4) is 0 Å². The maximum absolute atomic E-state index is 14.0. The van der Waals surface area contributed by atoms with Crippen molar-refractivity contribution in [2.24, 2.45) is 0 Å². The highest BCUT2D eigenvalue weighted by Crippen LogP contribution is 2.30. The minimum Gasteiger partial charge on any atom is -0.408 e. The Balaban J connectivity index is 0.000000206. The van der Waals surface area contributed by atoms with Crippen molar-refractivity contribution in [1.82, 2.24) is 19.9 Å². The molecular formula is C21H30ClF2N5O4. The predicted molar refractivity (Wildman–Crippen MR) is 119 cm³/mol. The number of nitrogens with zero attached hydrogens (tertiary/aromatic N) is 5. The number of rotatable bonds is 5. The maximum Gasteiger partial charge on any atom is 0.323 e. The van der Waals surface area contributed by atoms with Crippen LogP contribution in [0.4, 0.5) is 14.6 Å². The van der Waals surface area contributed by atoms with Crippen LogP contribution < -0.4 is 9.64 Å². The Hall–Kier alpha value is -1.92.